The molecule has 0 aliphatic rings. The highest BCUT2D eigenvalue weighted by atomic mass is 19.4. The zero-order valence-electron chi connectivity index (χ0n) is 21.7. The molecule has 206 valence electrons. The second-order valence-electron chi connectivity index (χ2n) is 9.71. The van der Waals surface area contributed by atoms with Gasteiger partial charge in [0.2, 0.25) is 0 Å². The molecule has 0 aliphatic carbocycles. The van der Waals surface area contributed by atoms with Crippen LogP contribution < -0.4 is 4.74 Å². The van der Waals surface area contributed by atoms with Crippen molar-refractivity contribution in [3.8, 4) is 5.75 Å². The minimum Gasteiger partial charge on any atom is -0.493 e. The van der Waals surface area contributed by atoms with E-state index in [-0.39, 0.29) is 18.7 Å². The largest absolute Gasteiger partial charge is 0.493 e. The van der Waals surface area contributed by atoms with E-state index in [4.69, 9.17) is 4.74 Å². The average Bonchev–Trinajstić information content (AvgIpc) is 2.89. The first-order valence-electron chi connectivity index (χ1n) is 13.1. The van der Waals surface area contributed by atoms with E-state index < -0.39 is 23.4 Å². The van der Waals surface area contributed by atoms with Crippen LogP contribution in [-0.2, 0) is 31.9 Å². The summed E-state index contributed by atoms with van der Waals surface area (Å²) in [6, 6.07) is 16.5. The molecule has 1 nitrogen and oxygen atoms in total. The van der Waals surface area contributed by atoms with Crippen molar-refractivity contribution in [1.29, 1.82) is 0 Å². The predicted molar refractivity (Wildman–Crippen MR) is 142 cm³/mol. The second-order valence-corrected chi connectivity index (χ2v) is 9.71. The Kier molecular flexibility index (Phi) is 9.20. The molecule has 0 heterocycles. The average molecular weight is 545 g/mol. The van der Waals surface area contributed by atoms with Crippen molar-refractivity contribution in [3.63, 3.8) is 0 Å². The van der Waals surface area contributed by atoms with Gasteiger partial charge in [-0.25, -0.2) is 13.2 Å². The fourth-order valence-corrected chi connectivity index (χ4v) is 4.60. The number of unbranched alkanes of at least 4 members (excludes halogenated alkanes) is 2. The third kappa shape index (κ3) is 7.34. The van der Waals surface area contributed by atoms with Gasteiger partial charge >= 0.3 is 6.18 Å². The highest BCUT2D eigenvalue weighted by Crippen LogP contribution is 2.32. The molecule has 4 aromatic rings. The van der Waals surface area contributed by atoms with Crippen LogP contribution in [0.3, 0.4) is 0 Å². The van der Waals surface area contributed by atoms with Crippen LogP contribution in [0.2, 0.25) is 0 Å². The number of ether oxygens (including phenoxy) is 1. The van der Waals surface area contributed by atoms with Crippen LogP contribution in [0, 0.1) is 17.5 Å². The normalized spacial score (nSPS) is 11.8. The van der Waals surface area contributed by atoms with Crippen LogP contribution in [0.1, 0.15) is 54.0 Å². The molecule has 0 N–H and O–H groups in total. The fraction of sp³-hybridized carbons (Fsp3) is 0.312. The van der Waals surface area contributed by atoms with E-state index in [0.717, 1.165) is 30.9 Å². The van der Waals surface area contributed by atoms with Gasteiger partial charge in [-0.1, -0.05) is 62.2 Å². The molecule has 4 aromatic carbocycles. The fourth-order valence-electron chi connectivity index (χ4n) is 4.60. The minimum absolute atomic E-state index is 0.198. The molecule has 7 heteroatoms. The number of aryl methyl sites for hydroxylation is 4. The number of halogens is 6. The quantitative estimate of drug-likeness (QED) is 0.135. The first-order valence-corrected chi connectivity index (χ1v) is 13.1. The minimum atomic E-state index is -4.76. The molecule has 0 radical (unpaired) electrons. The summed E-state index contributed by atoms with van der Waals surface area (Å²) in [6.45, 7) is 2.67. The highest BCUT2D eigenvalue weighted by molar-refractivity contribution is 5.84. The lowest BCUT2D eigenvalue weighted by molar-refractivity contribution is -0.140. The maximum absolute atomic E-state index is 15.2. The third-order valence-corrected chi connectivity index (χ3v) is 6.84. The third-order valence-electron chi connectivity index (χ3n) is 6.84. The van der Waals surface area contributed by atoms with Crippen molar-refractivity contribution >= 4 is 10.8 Å². The summed E-state index contributed by atoms with van der Waals surface area (Å²) in [5.74, 6) is -1.54. The molecular formula is C32H30F6O. The molecule has 0 unspecified atom stereocenters. The SMILES string of the molecule is CCCCCOc1ccc(CCc2ccc3c(F)c(CCc4ccc(C(F)(F)F)c(F)c4)ccc3c2)c(F)c1. The lowest BCUT2D eigenvalue weighted by Gasteiger charge is -2.11. The number of hydrogen-bond acceptors (Lipinski definition) is 1. The van der Waals surface area contributed by atoms with Crippen LogP contribution in [0.15, 0.2) is 66.7 Å². The maximum Gasteiger partial charge on any atom is 0.419 e. The van der Waals surface area contributed by atoms with Crippen molar-refractivity contribution in [2.24, 2.45) is 0 Å². The van der Waals surface area contributed by atoms with E-state index in [2.05, 4.69) is 6.92 Å². The summed E-state index contributed by atoms with van der Waals surface area (Å²) in [5, 5.41) is 1.12. The van der Waals surface area contributed by atoms with Crippen molar-refractivity contribution in [2.45, 2.75) is 58.0 Å². The summed E-state index contributed by atoms with van der Waals surface area (Å²) in [4.78, 5) is 0. The Bertz CT molecular complexity index is 1430. The summed E-state index contributed by atoms with van der Waals surface area (Å²) in [7, 11) is 0. The number of alkyl halides is 3. The molecule has 0 atom stereocenters. The Balaban J connectivity index is 1.38. The van der Waals surface area contributed by atoms with E-state index in [1.165, 1.54) is 12.1 Å². The Labute approximate surface area is 224 Å². The number of fused-ring (bicyclic) bond motifs is 1. The number of benzene rings is 4. The van der Waals surface area contributed by atoms with E-state index in [9.17, 15) is 22.0 Å². The molecule has 0 aromatic heterocycles. The summed E-state index contributed by atoms with van der Waals surface area (Å²) >= 11 is 0. The first kappa shape index (κ1) is 28.5. The Morgan fingerprint density at radius 1 is 0.667 bits per heavy atom. The molecule has 0 saturated carbocycles. The zero-order chi connectivity index (χ0) is 28.0. The Morgan fingerprint density at radius 2 is 1.36 bits per heavy atom. The number of rotatable bonds is 11. The van der Waals surface area contributed by atoms with Gasteiger partial charge in [0.25, 0.3) is 0 Å². The van der Waals surface area contributed by atoms with E-state index in [1.54, 1.807) is 30.3 Å². The summed E-state index contributed by atoms with van der Waals surface area (Å²) in [6.07, 6.45) is -0.190. The van der Waals surface area contributed by atoms with E-state index in [0.29, 0.717) is 58.7 Å². The van der Waals surface area contributed by atoms with Gasteiger partial charge in [-0.3, -0.25) is 0 Å². The Morgan fingerprint density at radius 3 is 2.05 bits per heavy atom. The van der Waals surface area contributed by atoms with Gasteiger partial charge in [0.1, 0.15) is 23.2 Å². The molecule has 0 saturated heterocycles. The van der Waals surface area contributed by atoms with Gasteiger partial charge in [-0.15, -0.1) is 0 Å². The Hall–Kier alpha value is -3.48. The van der Waals surface area contributed by atoms with Gasteiger partial charge in [0.15, 0.2) is 0 Å². The molecule has 0 bridgehead atoms. The lowest BCUT2D eigenvalue weighted by Crippen LogP contribution is -2.08. The second kappa shape index (κ2) is 12.6. The molecule has 0 spiro atoms. The van der Waals surface area contributed by atoms with Gasteiger partial charge in [0.05, 0.1) is 12.2 Å². The standard InChI is InChI=1S/C32H30F6O/c1-2-3-4-17-39-26-14-13-23(29(33)20-26)9-5-21-7-15-27-25(18-21)12-11-24(31(27)35)10-6-22-8-16-28(30(34)19-22)32(36,37)38/h7-8,11-16,18-20H,2-6,9-10,17H2,1H3. The van der Waals surface area contributed by atoms with Gasteiger partial charge in [-0.05, 0) is 77.9 Å². The molecule has 0 amide bonds. The van der Waals surface area contributed by atoms with Crippen LogP contribution in [0.4, 0.5) is 26.3 Å². The lowest BCUT2D eigenvalue weighted by atomic mass is 9.97. The summed E-state index contributed by atoms with van der Waals surface area (Å²) < 4.78 is 87.5. The monoisotopic (exact) mass is 544 g/mol. The van der Waals surface area contributed by atoms with E-state index >= 15 is 4.39 Å². The van der Waals surface area contributed by atoms with E-state index in [1.807, 2.05) is 12.1 Å². The number of hydrogen-bond donors (Lipinski definition) is 0. The van der Waals surface area contributed by atoms with Crippen molar-refractivity contribution < 1.29 is 31.1 Å². The van der Waals surface area contributed by atoms with Crippen LogP contribution >= 0.6 is 0 Å². The highest BCUT2D eigenvalue weighted by Gasteiger charge is 2.33. The molecule has 0 fully saturated rings. The van der Waals surface area contributed by atoms with Gasteiger partial charge in [0, 0.05) is 11.5 Å². The van der Waals surface area contributed by atoms with Crippen LogP contribution in [0.5, 0.6) is 5.75 Å². The topological polar surface area (TPSA) is 9.23 Å². The van der Waals surface area contributed by atoms with Crippen molar-refractivity contribution in [1.82, 2.24) is 0 Å². The molecule has 4 rings (SSSR count). The molecule has 0 aliphatic heterocycles. The van der Waals surface area contributed by atoms with Crippen LogP contribution in [-0.4, -0.2) is 6.61 Å². The summed E-state index contributed by atoms with van der Waals surface area (Å²) in [5.41, 5.74) is 0.963. The molecule has 39 heavy (non-hydrogen) atoms. The van der Waals surface area contributed by atoms with Crippen LogP contribution in [0.25, 0.3) is 10.8 Å². The first-order chi connectivity index (χ1) is 18.7. The zero-order valence-corrected chi connectivity index (χ0v) is 21.7. The van der Waals surface area contributed by atoms with Gasteiger partial charge < -0.3 is 4.74 Å². The predicted octanol–water partition coefficient (Wildman–Crippen LogP) is 9.42. The maximum atomic E-state index is 15.2. The molecular weight excluding hydrogens is 514 g/mol. The van der Waals surface area contributed by atoms with Crippen molar-refractivity contribution in [3.05, 3.63) is 112 Å². The van der Waals surface area contributed by atoms with Gasteiger partial charge in [-0.2, -0.15) is 13.2 Å². The van der Waals surface area contributed by atoms with Crippen molar-refractivity contribution in [2.75, 3.05) is 6.61 Å². The smallest absolute Gasteiger partial charge is 0.419 e.